The molecular formula is C4H3Cl2MgN3O7S. The standard InChI is InChI=1S/C4H3Cl2NOS.Mg.2NO3/c1-7-4(8)2(5)3(6)9-7;;2*2-1(3)4/h1H3;;;/q;+2;2*-1. The van der Waals surface area contributed by atoms with E-state index >= 15 is 0 Å². The molecular weight excluding hydrogens is 329 g/mol. The van der Waals surface area contributed by atoms with Crippen LogP contribution in [0.25, 0.3) is 0 Å². The van der Waals surface area contributed by atoms with E-state index in [2.05, 4.69) is 0 Å². The molecule has 0 amide bonds. The van der Waals surface area contributed by atoms with E-state index in [1.54, 1.807) is 7.05 Å². The summed E-state index contributed by atoms with van der Waals surface area (Å²) in [5.41, 5.74) is -0.230. The molecule has 0 saturated heterocycles. The predicted octanol–water partition coefficient (Wildman–Crippen LogP) is 0.895. The Hall–Kier alpha value is -0.824. The van der Waals surface area contributed by atoms with Crippen molar-refractivity contribution >= 4 is 57.8 Å². The minimum Gasteiger partial charge on any atom is -0.356 e. The molecule has 1 aromatic rings. The van der Waals surface area contributed by atoms with E-state index in [0.29, 0.717) is 4.34 Å². The summed E-state index contributed by atoms with van der Waals surface area (Å²) in [7, 11) is 1.62. The third-order valence-corrected chi connectivity index (χ3v) is 2.62. The molecule has 0 aliphatic carbocycles. The number of hydrogen-bond donors (Lipinski definition) is 0. The second-order valence-electron chi connectivity index (χ2n) is 1.93. The molecule has 0 bridgehead atoms. The van der Waals surface area contributed by atoms with E-state index in [1.165, 1.54) is 3.96 Å². The van der Waals surface area contributed by atoms with Crippen LogP contribution in [0.2, 0.25) is 9.36 Å². The van der Waals surface area contributed by atoms with Crippen LogP contribution in [0, 0.1) is 30.6 Å². The van der Waals surface area contributed by atoms with Crippen LogP contribution in [0.15, 0.2) is 4.79 Å². The molecule has 1 aromatic heterocycles. The second-order valence-corrected chi connectivity index (χ2v) is 4.05. The fourth-order valence-corrected chi connectivity index (χ4v) is 1.68. The van der Waals surface area contributed by atoms with Gasteiger partial charge in [-0.15, -0.1) is 0 Å². The quantitative estimate of drug-likeness (QED) is 0.388. The first-order valence-electron chi connectivity index (χ1n) is 3.24. The fraction of sp³-hybridized carbons (Fsp3) is 0.250. The van der Waals surface area contributed by atoms with Crippen molar-refractivity contribution in [2.24, 2.45) is 7.05 Å². The first-order chi connectivity index (χ1) is 7.59. The van der Waals surface area contributed by atoms with Gasteiger partial charge in [-0.2, -0.15) is 0 Å². The first-order valence-corrected chi connectivity index (χ1v) is 4.76. The molecule has 14 heteroatoms. The van der Waals surface area contributed by atoms with Crippen molar-refractivity contribution < 1.29 is 10.2 Å². The third kappa shape index (κ3) is 13.2. The summed E-state index contributed by atoms with van der Waals surface area (Å²) in [4.78, 5) is 27.2. The predicted molar refractivity (Wildman–Crippen MR) is 66.1 cm³/mol. The third-order valence-electron chi connectivity index (χ3n) is 0.863. The maximum absolute atomic E-state index is 10.7. The summed E-state index contributed by atoms with van der Waals surface area (Å²) in [6.45, 7) is 0. The molecule has 0 radical (unpaired) electrons. The zero-order valence-corrected chi connectivity index (χ0v) is 12.3. The summed E-state index contributed by atoms with van der Waals surface area (Å²) in [6.07, 6.45) is 0. The minimum atomic E-state index is -1.75. The van der Waals surface area contributed by atoms with Crippen LogP contribution in [-0.2, 0) is 7.05 Å². The Bertz CT molecular complexity index is 428. The van der Waals surface area contributed by atoms with E-state index in [1.807, 2.05) is 0 Å². The summed E-state index contributed by atoms with van der Waals surface area (Å²) < 4.78 is 1.73. The van der Waals surface area contributed by atoms with Crippen LogP contribution in [0.3, 0.4) is 0 Å². The van der Waals surface area contributed by atoms with E-state index in [4.69, 9.17) is 53.8 Å². The van der Waals surface area contributed by atoms with Crippen LogP contribution in [0.4, 0.5) is 0 Å². The Kier molecular flexibility index (Phi) is 14.0. The molecule has 0 N–H and O–H groups in total. The Morgan fingerprint density at radius 3 is 1.44 bits per heavy atom. The number of halogens is 2. The fourth-order valence-electron chi connectivity index (χ4n) is 0.424. The number of aromatic nitrogens is 1. The van der Waals surface area contributed by atoms with Crippen LogP contribution in [0.5, 0.6) is 0 Å². The average Bonchev–Trinajstić information content (AvgIpc) is 2.31. The van der Waals surface area contributed by atoms with Crippen molar-refractivity contribution in [3.63, 3.8) is 0 Å². The van der Waals surface area contributed by atoms with Gasteiger partial charge in [-0.1, -0.05) is 23.2 Å². The van der Waals surface area contributed by atoms with Crippen LogP contribution in [0.1, 0.15) is 0 Å². The van der Waals surface area contributed by atoms with E-state index in [-0.39, 0.29) is 33.6 Å². The van der Waals surface area contributed by atoms with Crippen molar-refractivity contribution in [1.29, 1.82) is 0 Å². The normalized spacial score (nSPS) is 7.72. The van der Waals surface area contributed by atoms with E-state index in [9.17, 15) is 4.79 Å². The first kappa shape index (κ1) is 22.4. The minimum absolute atomic E-state index is 0. The van der Waals surface area contributed by atoms with Crippen molar-refractivity contribution in [3.05, 3.63) is 50.4 Å². The number of hydrogen-bond acceptors (Lipinski definition) is 8. The second kappa shape index (κ2) is 11.3. The maximum atomic E-state index is 10.7. The Labute approximate surface area is 129 Å². The van der Waals surface area contributed by atoms with Crippen molar-refractivity contribution in [2.45, 2.75) is 0 Å². The average molecular weight is 332 g/mol. The molecule has 0 atom stereocenters. The zero-order valence-electron chi connectivity index (χ0n) is 8.57. The molecule has 98 valence electrons. The molecule has 0 saturated carbocycles. The van der Waals surface area contributed by atoms with Gasteiger partial charge in [-0.05, 0) is 11.5 Å². The van der Waals surface area contributed by atoms with Crippen LogP contribution >= 0.6 is 34.7 Å². The van der Waals surface area contributed by atoms with Gasteiger partial charge in [0.15, 0.2) is 0 Å². The van der Waals surface area contributed by atoms with Gasteiger partial charge in [0, 0.05) is 7.05 Å². The number of rotatable bonds is 0. The van der Waals surface area contributed by atoms with Gasteiger partial charge in [0.2, 0.25) is 0 Å². The monoisotopic (exact) mass is 331 g/mol. The number of aryl methyl sites for hydroxylation is 1. The molecule has 0 unspecified atom stereocenters. The van der Waals surface area contributed by atoms with Gasteiger partial charge in [-0.25, -0.2) is 0 Å². The summed E-state index contributed by atoms with van der Waals surface area (Å²) in [6, 6.07) is 0. The number of nitrogens with zero attached hydrogens (tertiary/aromatic N) is 3. The molecule has 0 fully saturated rings. The summed E-state index contributed by atoms with van der Waals surface area (Å²) in [5, 5.41) is 29.6. The largest absolute Gasteiger partial charge is 2.00 e. The van der Waals surface area contributed by atoms with Crippen LogP contribution < -0.4 is 5.56 Å². The SMILES string of the molecule is Cn1sc(Cl)c(Cl)c1=O.O=[N+]([O-])[O-].O=[N+]([O-])[O-].[Mg+2]. The van der Waals surface area contributed by atoms with E-state index < -0.39 is 10.2 Å². The van der Waals surface area contributed by atoms with E-state index in [0.717, 1.165) is 11.5 Å². The van der Waals surface area contributed by atoms with Gasteiger partial charge in [0.05, 0.1) is 10.2 Å². The van der Waals surface area contributed by atoms with Gasteiger partial charge in [0.1, 0.15) is 9.36 Å². The molecule has 0 aliphatic rings. The van der Waals surface area contributed by atoms with Crippen molar-refractivity contribution in [1.82, 2.24) is 3.96 Å². The van der Waals surface area contributed by atoms with Gasteiger partial charge >= 0.3 is 23.1 Å². The van der Waals surface area contributed by atoms with Crippen LogP contribution in [-0.4, -0.2) is 37.2 Å². The van der Waals surface area contributed by atoms with Crippen molar-refractivity contribution in [2.75, 3.05) is 0 Å². The smallest absolute Gasteiger partial charge is 0.356 e. The maximum Gasteiger partial charge on any atom is 2.00 e. The molecule has 0 spiro atoms. The summed E-state index contributed by atoms with van der Waals surface area (Å²) >= 11 is 12.1. The Balaban J connectivity index is -0.000000214. The van der Waals surface area contributed by atoms with Gasteiger partial charge in [-0.3, -0.25) is 8.75 Å². The molecule has 0 aromatic carbocycles. The van der Waals surface area contributed by atoms with Gasteiger partial charge in [0.25, 0.3) is 5.56 Å². The zero-order chi connectivity index (χ0) is 14.2. The molecule has 18 heavy (non-hydrogen) atoms. The molecule has 10 nitrogen and oxygen atoms in total. The Morgan fingerprint density at radius 1 is 1.11 bits per heavy atom. The van der Waals surface area contributed by atoms with Gasteiger partial charge < -0.3 is 30.6 Å². The summed E-state index contributed by atoms with van der Waals surface area (Å²) in [5.74, 6) is 0. The molecule has 1 rings (SSSR count). The molecule has 1 heterocycles. The molecule has 0 aliphatic heterocycles. The van der Waals surface area contributed by atoms with Crippen molar-refractivity contribution in [3.8, 4) is 0 Å². The topological polar surface area (TPSA) is 154 Å². The Morgan fingerprint density at radius 2 is 1.39 bits per heavy atom.